The molecule has 0 spiro atoms. The van der Waals surface area contributed by atoms with Crippen LogP contribution in [-0.2, 0) is 13.1 Å². The van der Waals surface area contributed by atoms with Crippen LogP contribution in [0.15, 0.2) is 30.5 Å². The van der Waals surface area contributed by atoms with E-state index >= 15 is 0 Å². The fourth-order valence-corrected chi connectivity index (χ4v) is 2.13. The number of nitrogens with one attached hydrogen (secondary N) is 1. The second-order valence-electron chi connectivity index (χ2n) is 4.54. The normalized spacial score (nSPS) is 11.2. The lowest BCUT2D eigenvalue weighted by molar-refractivity contribution is 0.649. The minimum atomic E-state index is 0.964. The third kappa shape index (κ3) is 2.89. The van der Waals surface area contributed by atoms with Gasteiger partial charge in [-0.2, -0.15) is 0 Å². The fourth-order valence-electron chi connectivity index (χ4n) is 2.13. The summed E-state index contributed by atoms with van der Waals surface area (Å²) in [4.78, 5) is 0. The molecule has 0 aliphatic rings. The summed E-state index contributed by atoms with van der Waals surface area (Å²) in [6.45, 7) is 7.50. The first-order valence-corrected chi connectivity index (χ1v) is 6.63. The number of aromatic nitrogens is 1. The van der Waals surface area contributed by atoms with Crippen LogP contribution < -0.4 is 5.32 Å². The van der Waals surface area contributed by atoms with E-state index in [1.165, 1.54) is 29.3 Å². The Bertz CT molecular complexity index is 471. The number of fused-ring (bicyclic) bond motifs is 1. The van der Waals surface area contributed by atoms with Gasteiger partial charge >= 0.3 is 0 Å². The fraction of sp³-hybridized carbons (Fsp3) is 0.467. The Morgan fingerprint density at radius 2 is 2.06 bits per heavy atom. The second kappa shape index (κ2) is 5.87. The van der Waals surface area contributed by atoms with E-state index in [1.807, 2.05) is 0 Å². The van der Waals surface area contributed by atoms with Crippen molar-refractivity contribution in [2.75, 3.05) is 6.54 Å². The maximum absolute atomic E-state index is 3.37. The molecule has 2 heteroatoms. The maximum Gasteiger partial charge on any atom is 0.0483 e. The molecule has 0 radical (unpaired) electrons. The first kappa shape index (κ1) is 12.2. The van der Waals surface area contributed by atoms with Crippen LogP contribution in [0.3, 0.4) is 0 Å². The predicted octanol–water partition coefficient (Wildman–Crippen LogP) is 3.55. The van der Waals surface area contributed by atoms with Gasteiger partial charge in [-0.3, -0.25) is 0 Å². The molecule has 0 bridgehead atoms. The molecule has 1 aromatic heterocycles. The Labute approximate surface area is 104 Å². The van der Waals surface area contributed by atoms with Crippen LogP contribution >= 0.6 is 0 Å². The summed E-state index contributed by atoms with van der Waals surface area (Å²) in [6, 6.07) is 8.97. The van der Waals surface area contributed by atoms with E-state index in [4.69, 9.17) is 0 Å². The molecule has 1 heterocycles. The lowest BCUT2D eigenvalue weighted by Crippen LogP contribution is -2.11. The van der Waals surface area contributed by atoms with Crippen LogP contribution in [0.25, 0.3) is 10.9 Å². The summed E-state index contributed by atoms with van der Waals surface area (Å²) < 4.78 is 2.37. The van der Waals surface area contributed by atoms with Crippen LogP contribution in [-0.4, -0.2) is 11.1 Å². The van der Waals surface area contributed by atoms with E-state index in [2.05, 4.69) is 54.2 Å². The minimum absolute atomic E-state index is 0.964. The quantitative estimate of drug-likeness (QED) is 0.803. The molecular weight excluding hydrogens is 208 g/mol. The van der Waals surface area contributed by atoms with Crippen molar-refractivity contribution in [1.29, 1.82) is 0 Å². The summed E-state index contributed by atoms with van der Waals surface area (Å²) in [5.41, 5.74) is 2.74. The molecule has 2 nitrogen and oxygen atoms in total. The van der Waals surface area contributed by atoms with E-state index in [9.17, 15) is 0 Å². The highest BCUT2D eigenvalue weighted by atomic mass is 14.9. The number of benzene rings is 1. The van der Waals surface area contributed by atoms with E-state index in [1.54, 1.807) is 0 Å². The zero-order valence-electron chi connectivity index (χ0n) is 10.9. The number of unbranched alkanes of at least 4 members (excludes halogenated alkanes) is 1. The van der Waals surface area contributed by atoms with Crippen molar-refractivity contribution in [3.63, 3.8) is 0 Å². The average Bonchev–Trinajstić information content (AvgIpc) is 2.76. The molecule has 1 N–H and O–H groups in total. The van der Waals surface area contributed by atoms with Crippen molar-refractivity contribution in [2.45, 2.75) is 39.8 Å². The minimum Gasteiger partial charge on any atom is -0.347 e. The maximum atomic E-state index is 3.37. The zero-order valence-corrected chi connectivity index (χ0v) is 10.9. The Morgan fingerprint density at radius 1 is 1.18 bits per heavy atom. The van der Waals surface area contributed by atoms with Gasteiger partial charge in [0.15, 0.2) is 0 Å². The Kier molecular flexibility index (Phi) is 4.21. The van der Waals surface area contributed by atoms with E-state index < -0.39 is 0 Å². The smallest absolute Gasteiger partial charge is 0.0483 e. The molecule has 0 unspecified atom stereocenters. The molecule has 1 aromatic carbocycles. The number of hydrogen-bond donors (Lipinski definition) is 1. The van der Waals surface area contributed by atoms with Crippen LogP contribution in [0.4, 0.5) is 0 Å². The summed E-state index contributed by atoms with van der Waals surface area (Å²) in [5.74, 6) is 0. The van der Waals surface area contributed by atoms with Crippen molar-refractivity contribution in [2.24, 2.45) is 0 Å². The zero-order chi connectivity index (χ0) is 12.1. The number of rotatable bonds is 6. The van der Waals surface area contributed by atoms with Gasteiger partial charge in [0.25, 0.3) is 0 Å². The Balaban J connectivity index is 2.23. The Hall–Kier alpha value is -1.28. The van der Waals surface area contributed by atoms with Gasteiger partial charge in [-0.15, -0.1) is 0 Å². The largest absolute Gasteiger partial charge is 0.347 e. The molecule has 17 heavy (non-hydrogen) atoms. The van der Waals surface area contributed by atoms with Gasteiger partial charge in [-0.05, 0) is 36.0 Å². The molecule has 0 atom stereocenters. The molecule has 2 rings (SSSR count). The second-order valence-corrected chi connectivity index (χ2v) is 4.54. The van der Waals surface area contributed by atoms with E-state index in [0.29, 0.717) is 0 Å². The number of nitrogens with zero attached hydrogens (tertiary/aromatic N) is 1. The summed E-state index contributed by atoms with van der Waals surface area (Å²) in [6.07, 6.45) is 4.70. The van der Waals surface area contributed by atoms with E-state index in [0.717, 1.165) is 19.6 Å². The predicted molar refractivity (Wildman–Crippen MR) is 74.2 cm³/mol. The van der Waals surface area contributed by atoms with Gasteiger partial charge in [-0.1, -0.05) is 32.4 Å². The molecule has 0 amide bonds. The first-order valence-electron chi connectivity index (χ1n) is 6.63. The topological polar surface area (TPSA) is 17.0 Å². The average molecular weight is 230 g/mol. The number of hydrogen-bond acceptors (Lipinski definition) is 1. The molecule has 92 valence electrons. The van der Waals surface area contributed by atoms with Gasteiger partial charge in [0.2, 0.25) is 0 Å². The highest BCUT2D eigenvalue weighted by Gasteiger charge is 2.01. The summed E-state index contributed by atoms with van der Waals surface area (Å²) in [5, 5.41) is 4.72. The van der Waals surface area contributed by atoms with Crippen LogP contribution in [0.2, 0.25) is 0 Å². The van der Waals surface area contributed by atoms with Crippen molar-refractivity contribution in [1.82, 2.24) is 9.88 Å². The molecule has 0 aliphatic carbocycles. The highest BCUT2D eigenvalue weighted by molar-refractivity contribution is 5.80. The van der Waals surface area contributed by atoms with Gasteiger partial charge in [-0.25, -0.2) is 0 Å². The van der Waals surface area contributed by atoms with Crippen molar-refractivity contribution >= 4 is 10.9 Å². The molecule has 0 aliphatic heterocycles. The van der Waals surface area contributed by atoms with Crippen LogP contribution in [0.5, 0.6) is 0 Å². The highest BCUT2D eigenvalue weighted by Crippen LogP contribution is 2.18. The summed E-state index contributed by atoms with van der Waals surface area (Å²) >= 11 is 0. The monoisotopic (exact) mass is 230 g/mol. The molecular formula is C15H22N2. The van der Waals surface area contributed by atoms with Crippen molar-refractivity contribution in [3.8, 4) is 0 Å². The third-order valence-corrected chi connectivity index (χ3v) is 3.17. The number of aryl methyl sites for hydroxylation is 1. The SMILES string of the molecule is CCCCn1ccc2ccc(CNCC)cc21. The Morgan fingerprint density at radius 3 is 2.82 bits per heavy atom. The molecule has 2 aromatic rings. The van der Waals surface area contributed by atoms with Crippen molar-refractivity contribution < 1.29 is 0 Å². The van der Waals surface area contributed by atoms with Gasteiger partial charge in [0.1, 0.15) is 0 Å². The van der Waals surface area contributed by atoms with Gasteiger partial charge in [0.05, 0.1) is 0 Å². The van der Waals surface area contributed by atoms with Crippen molar-refractivity contribution in [3.05, 3.63) is 36.0 Å². The standard InChI is InChI=1S/C15H22N2/c1-3-5-9-17-10-8-14-7-6-13(11-15(14)17)12-16-4-2/h6-8,10-11,16H,3-5,9,12H2,1-2H3. The molecule has 0 fully saturated rings. The van der Waals surface area contributed by atoms with Gasteiger partial charge in [0, 0.05) is 24.8 Å². The first-order chi connectivity index (χ1) is 8.35. The van der Waals surface area contributed by atoms with Gasteiger partial charge < -0.3 is 9.88 Å². The van der Waals surface area contributed by atoms with Crippen LogP contribution in [0, 0.1) is 0 Å². The lowest BCUT2D eigenvalue weighted by Gasteiger charge is -2.06. The molecule has 0 saturated carbocycles. The lowest BCUT2D eigenvalue weighted by atomic mass is 10.1. The molecule has 0 saturated heterocycles. The van der Waals surface area contributed by atoms with Crippen LogP contribution in [0.1, 0.15) is 32.3 Å². The van der Waals surface area contributed by atoms with E-state index in [-0.39, 0.29) is 0 Å². The summed E-state index contributed by atoms with van der Waals surface area (Å²) in [7, 11) is 0. The third-order valence-electron chi connectivity index (χ3n) is 3.17.